The molecule has 1 unspecified atom stereocenters. The molecule has 1 atom stereocenters. The normalized spacial score (nSPS) is 11.6. The number of hydrogen-bond donors (Lipinski definition) is 1. The molecular weight excluding hydrogens is 238 g/mol. The molecule has 0 spiro atoms. The second kappa shape index (κ2) is 6.03. The molecule has 0 fully saturated rings. The van der Waals surface area contributed by atoms with Crippen LogP contribution in [0.3, 0.4) is 0 Å². The molecule has 0 saturated carbocycles. The van der Waals surface area contributed by atoms with Crippen LogP contribution in [0.1, 0.15) is 22.8 Å². The maximum atomic E-state index is 10.3. The molecule has 0 aromatic heterocycles. The van der Waals surface area contributed by atoms with Gasteiger partial charge in [-0.3, -0.25) is 0 Å². The molecule has 19 heavy (non-hydrogen) atoms. The average Bonchev–Trinajstić information content (AvgIpc) is 2.48. The van der Waals surface area contributed by atoms with Gasteiger partial charge in [0.05, 0.1) is 24.8 Å². The zero-order valence-electron chi connectivity index (χ0n) is 10.7. The average molecular weight is 253 g/mol. The molecule has 0 radical (unpaired) electrons. The number of methoxy groups -OCH3 is 1. The van der Waals surface area contributed by atoms with Gasteiger partial charge in [0.25, 0.3) is 0 Å². The van der Waals surface area contributed by atoms with Crippen LogP contribution in [0.15, 0.2) is 48.5 Å². The summed E-state index contributed by atoms with van der Waals surface area (Å²) >= 11 is 0. The van der Waals surface area contributed by atoms with E-state index in [1.807, 2.05) is 36.4 Å². The minimum atomic E-state index is -0.621. The first kappa shape index (κ1) is 13.1. The molecule has 96 valence electrons. The number of aliphatic hydroxyl groups is 1. The lowest BCUT2D eigenvalue weighted by atomic mass is 10.00. The van der Waals surface area contributed by atoms with Gasteiger partial charge in [0.15, 0.2) is 0 Å². The summed E-state index contributed by atoms with van der Waals surface area (Å²) in [4.78, 5) is 0. The van der Waals surface area contributed by atoms with E-state index in [0.717, 1.165) is 11.1 Å². The molecular formula is C16H15NO2. The molecule has 0 aliphatic rings. The molecule has 2 aromatic rings. The van der Waals surface area contributed by atoms with Gasteiger partial charge in [-0.15, -0.1) is 0 Å². The van der Waals surface area contributed by atoms with Crippen LogP contribution in [0.4, 0.5) is 0 Å². The minimum absolute atomic E-state index is 0.492. The van der Waals surface area contributed by atoms with E-state index in [0.29, 0.717) is 17.7 Å². The second-order valence-corrected chi connectivity index (χ2v) is 4.27. The second-order valence-electron chi connectivity index (χ2n) is 4.27. The molecule has 3 heteroatoms. The highest BCUT2D eigenvalue weighted by Crippen LogP contribution is 2.27. The first-order valence-electron chi connectivity index (χ1n) is 6.04. The van der Waals surface area contributed by atoms with Crippen LogP contribution in [0.5, 0.6) is 5.75 Å². The van der Waals surface area contributed by atoms with Crippen molar-refractivity contribution in [2.75, 3.05) is 7.11 Å². The van der Waals surface area contributed by atoms with Crippen molar-refractivity contribution >= 4 is 0 Å². The first-order valence-corrected chi connectivity index (χ1v) is 6.04. The third kappa shape index (κ3) is 3.12. The minimum Gasteiger partial charge on any atom is -0.496 e. The van der Waals surface area contributed by atoms with Crippen molar-refractivity contribution in [1.82, 2.24) is 0 Å². The van der Waals surface area contributed by atoms with Crippen LogP contribution in [0.25, 0.3) is 0 Å². The third-order valence-electron chi connectivity index (χ3n) is 3.01. The zero-order chi connectivity index (χ0) is 13.7. The van der Waals surface area contributed by atoms with Gasteiger partial charge in [0.1, 0.15) is 5.75 Å². The van der Waals surface area contributed by atoms with E-state index in [1.54, 1.807) is 19.2 Å². The van der Waals surface area contributed by atoms with E-state index in [1.165, 1.54) is 0 Å². The molecule has 2 rings (SSSR count). The number of ether oxygens (including phenoxy) is 1. The standard InChI is InChI=1S/C16H15NO2/c1-19-16-5-3-2-4-14(16)15(18)10-12-6-8-13(11-17)9-7-12/h2-9,15,18H,10H2,1H3. The lowest BCUT2D eigenvalue weighted by molar-refractivity contribution is 0.174. The van der Waals surface area contributed by atoms with E-state index < -0.39 is 6.10 Å². The first-order chi connectivity index (χ1) is 9.24. The summed E-state index contributed by atoms with van der Waals surface area (Å²) in [5.41, 5.74) is 2.38. The number of benzene rings is 2. The Morgan fingerprint density at radius 3 is 2.47 bits per heavy atom. The summed E-state index contributed by atoms with van der Waals surface area (Å²) in [6.45, 7) is 0. The number of nitriles is 1. The van der Waals surface area contributed by atoms with Crippen molar-refractivity contribution in [3.8, 4) is 11.8 Å². The number of para-hydroxylation sites is 1. The van der Waals surface area contributed by atoms with Gasteiger partial charge < -0.3 is 9.84 Å². The Balaban J connectivity index is 2.16. The highest BCUT2D eigenvalue weighted by atomic mass is 16.5. The van der Waals surface area contributed by atoms with Gasteiger partial charge >= 0.3 is 0 Å². The van der Waals surface area contributed by atoms with E-state index >= 15 is 0 Å². The molecule has 0 aliphatic heterocycles. The Morgan fingerprint density at radius 2 is 1.84 bits per heavy atom. The van der Waals surface area contributed by atoms with Crippen LogP contribution in [0, 0.1) is 11.3 Å². The molecule has 0 bridgehead atoms. The summed E-state index contributed by atoms with van der Waals surface area (Å²) in [5.74, 6) is 0.684. The van der Waals surface area contributed by atoms with Crippen molar-refractivity contribution < 1.29 is 9.84 Å². The van der Waals surface area contributed by atoms with Gasteiger partial charge in [-0.25, -0.2) is 0 Å². The molecule has 2 aromatic carbocycles. The van der Waals surface area contributed by atoms with Crippen LogP contribution < -0.4 is 4.74 Å². The van der Waals surface area contributed by atoms with Crippen molar-refractivity contribution in [2.45, 2.75) is 12.5 Å². The summed E-state index contributed by atoms with van der Waals surface area (Å²) < 4.78 is 5.24. The summed E-state index contributed by atoms with van der Waals surface area (Å²) in [5, 5.41) is 19.0. The Morgan fingerprint density at radius 1 is 1.16 bits per heavy atom. The topological polar surface area (TPSA) is 53.2 Å². The fourth-order valence-corrected chi connectivity index (χ4v) is 1.99. The molecule has 1 N–H and O–H groups in total. The number of rotatable bonds is 4. The van der Waals surface area contributed by atoms with Crippen LogP contribution in [-0.2, 0) is 6.42 Å². The maximum Gasteiger partial charge on any atom is 0.124 e. The molecule has 0 aliphatic carbocycles. The monoisotopic (exact) mass is 253 g/mol. The Labute approximate surface area is 112 Å². The van der Waals surface area contributed by atoms with Gasteiger partial charge in [0.2, 0.25) is 0 Å². The maximum absolute atomic E-state index is 10.3. The number of hydrogen-bond acceptors (Lipinski definition) is 3. The lowest BCUT2D eigenvalue weighted by Crippen LogP contribution is -2.04. The van der Waals surface area contributed by atoms with Crippen molar-refractivity contribution in [3.63, 3.8) is 0 Å². The van der Waals surface area contributed by atoms with E-state index in [2.05, 4.69) is 6.07 Å². The van der Waals surface area contributed by atoms with Crippen LogP contribution in [-0.4, -0.2) is 12.2 Å². The predicted octanol–water partition coefficient (Wildman–Crippen LogP) is 2.84. The van der Waals surface area contributed by atoms with Gasteiger partial charge in [-0.1, -0.05) is 30.3 Å². The Bertz CT molecular complexity index is 584. The summed E-state index contributed by atoms with van der Waals surface area (Å²) in [7, 11) is 1.59. The smallest absolute Gasteiger partial charge is 0.124 e. The fourth-order valence-electron chi connectivity index (χ4n) is 1.99. The van der Waals surface area contributed by atoms with E-state index in [-0.39, 0.29) is 0 Å². The molecule has 3 nitrogen and oxygen atoms in total. The molecule has 0 saturated heterocycles. The highest BCUT2D eigenvalue weighted by Gasteiger charge is 2.13. The Kier molecular flexibility index (Phi) is 4.17. The number of aliphatic hydroxyl groups excluding tert-OH is 1. The predicted molar refractivity (Wildman–Crippen MR) is 72.8 cm³/mol. The van der Waals surface area contributed by atoms with Crippen molar-refractivity contribution in [3.05, 3.63) is 65.2 Å². The fraction of sp³-hybridized carbons (Fsp3) is 0.188. The molecule has 0 heterocycles. The van der Waals surface area contributed by atoms with E-state index in [9.17, 15) is 5.11 Å². The Hall–Kier alpha value is -2.31. The lowest BCUT2D eigenvalue weighted by Gasteiger charge is -2.14. The SMILES string of the molecule is COc1ccccc1C(O)Cc1ccc(C#N)cc1. The van der Waals surface area contributed by atoms with Gasteiger partial charge in [0, 0.05) is 12.0 Å². The summed E-state index contributed by atoms with van der Waals surface area (Å²) in [6, 6.07) is 16.7. The van der Waals surface area contributed by atoms with Gasteiger partial charge in [-0.2, -0.15) is 5.26 Å². The van der Waals surface area contributed by atoms with Gasteiger partial charge in [-0.05, 0) is 23.8 Å². The van der Waals surface area contributed by atoms with E-state index in [4.69, 9.17) is 10.00 Å². The van der Waals surface area contributed by atoms with Crippen LogP contribution in [0.2, 0.25) is 0 Å². The quantitative estimate of drug-likeness (QED) is 0.911. The summed E-state index contributed by atoms with van der Waals surface area (Å²) in [6.07, 6.45) is -0.129. The number of nitrogens with zero attached hydrogens (tertiary/aromatic N) is 1. The van der Waals surface area contributed by atoms with Crippen LogP contribution >= 0.6 is 0 Å². The highest BCUT2D eigenvalue weighted by molar-refractivity contribution is 5.37. The van der Waals surface area contributed by atoms with Crippen molar-refractivity contribution in [1.29, 1.82) is 5.26 Å². The third-order valence-corrected chi connectivity index (χ3v) is 3.01. The largest absolute Gasteiger partial charge is 0.496 e. The zero-order valence-corrected chi connectivity index (χ0v) is 10.7. The molecule has 0 amide bonds. The van der Waals surface area contributed by atoms with Crippen molar-refractivity contribution in [2.24, 2.45) is 0 Å².